The number of thiophene rings is 1. The van der Waals surface area contributed by atoms with Gasteiger partial charge in [-0.3, -0.25) is 4.79 Å². The summed E-state index contributed by atoms with van der Waals surface area (Å²) in [5.41, 5.74) is 7.03. The molecular weight excluding hydrogens is 300 g/mol. The van der Waals surface area contributed by atoms with Crippen LogP contribution in [-0.2, 0) is 0 Å². The van der Waals surface area contributed by atoms with Crippen LogP contribution in [0.15, 0.2) is 4.90 Å². The molecule has 0 aromatic carbocycles. The Bertz CT molecular complexity index is 537. The van der Waals surface area contributed by atoms with Gasteiger partial charge in [-0.05, 0) is 44.3 Å². The minimum absolute atomic E-state index is 0.248. The lowest BCUT2D eigenvalue weighted by Gasteiger charge is -2.22. The van der Waals surface area contributed by atoms with E-state index in [0.717, 1.165) is 47.3 Å². The van der Waals surface area contributed by atoms with Gasteiger partial charge in [-0.25, -0.2) is 0 Å². The van der Waals surface area contributed by atoms with E-state index in [1.54, 1.807) is 23.1 Å². The van der Waals surface area contributed by atoms with Crippen LogP contribution in [0, 0.1) is 11.8 Å². The molecule has 0 amide bonds. The summed E-state index contributed by atoms with van der Waals surface area (Å²) < 4.78 is 0. The number of carbonyl (C=O) groups is 1. The number of nitrogen functional groups attached to an aromatic ring is 1. The zero-order valence-electron chi connectivity index (χ0n) is 12.9. The van der Waals surface area contributed by atoms with Gasteiger partial charge in [0.15, 0.2) is 5.78 Å². The Kier molecular flexibility index (Phi) is 4.50. The summed E-state index contributed by atoms with van der Waals surface area (Å²) in [5.74, 6) is 1.33. The summed E-state index contributed by atoms with van der Waals surface area (Å²) in [4.78, 5) is 16.8. The van der Waals surface area contributed by atoms with Gasteiger partial charge >= 0.3 is 0 Å². The number of ketones is 1. The first-order valence-corrected chi connectivity index (χ1v) is 9.91. The number of hydrogen-bond acceptors (Lipinski definition) is 5. The van der Waals surface area contributed by atoms with Gasteiger partial charge in [0.2, 0.25) is 0 Å². The lowest BCUT2D eigenvalue weighted by Crippen LogP contribution is -2.23. The summed E-state index contributed by atoms with van der Waals surface area (Å²) in [5, 5.41) is 1.23. The molecule has 1 aliphatic heterocycles. The molecule has 3 nitrogen and oxygen atoms in total. The third kappa shape index (κ3) is 3.09. The fraction of sp³-hybridized carbons (Fsp3) is 0.688. The van der Waals surface area contributed by atoms with E-state index in [-0.39, 0.29) is 11.7 Å². The van der Waals surface area contributed by atoms with Gasteiger partial charge < -0.3 is 10.6 Å². The molecule has 116 valence electrons. The van der Waals surface area contributed by atoms with E-state index in [1.807, 2.05) is 0 Å². The lowest BCUT2D eigenvalue weighted by atomic mass is 10.0. The van der Waals surface area contributed by atoms with Crippen molar-refractivity contribution in [3.05, 3.63) is 4.88 Å². The third-order valence-electron chi connectivity index (χ3n) is 4.56. The summed E-state index contributed by atoms with van der Waals surface area (Å²) >= 11 is 3.32. The van der Waals surface area contributed by atoms with Gasteiger partial charge in [0, 0.05) is 19.0 Å². The molecule has 21 heavy (non-hydrogen) atoms. The second-order valence-electron chi connectivity index (χ2n) is 6.34. The first-order valence-electron chi connectivity index (χ1n) is 7.87. The average Bonchev–Trinajstić information content (AvgIpc) is 3.27. The van der Waals surface area contributed by atoms with Crippen LogP contribution in [0.5, 0.6) is 0 Å². The maximum atomic E-state index is 12.4. The average molecular weight is 325 g/mol. The first-order chi connectivity index (χ1) is 10.1. The van der Waals surface area contributed by atoms with E-state index in [9.17, 15) is 4.79 Å². The maximum absolute atomic E-state index is 12.4. The van der Waals surface area contributed by atoms with Crippen LogP contribution in [0.25, 0.3) is 0 Å². The summed E-state index contributed by atoms with van der Waals surface area (Å²) in [6.45, 7) is 4.52. The standard InChI is InChI=1S/C16H24N2OS2/c1-10-4-3-8-18(9-7-10)16-15(20-2)12(17)14(21-16)13(19)11-5-6-11/h10-11H,3-9,17H2,1-2H3. The molecule has 2 fully saturated rings. The highest BCUT2D eigenvalue weighted by Crippen LogP contribution is 2.47. The largest absolute Gasteiger partial charge is 0.396 e. The lowest BCUT2D eigenvalue weighted by molar-refractivity contribution is 0.0972. The van der Waals surface area contributed by atoms with Crippen molar-refractivity contribution in [3.63, 3.8) is 0 Å². The van der Waals surface area contributed by atoms with Gasteiger partial charge in [0.1, 0.15) is 5.00 Å². The molecule has 0 bridgehead atoms. The quantitative estimate of drug-likeness (QED) is 0.663. The number of thioether (sulfide) groups is 1. The zero-order chi connectivity index (χ0) is 15.0. The number of Topliss-reactive ketones (excluding diaryl/α,β-unsaturated/α-hetero) is 1. The van der Waals surface area contributed by atoms with Gasteiger partial charge in [-0.1, -0.05) is 6.92 Å². The third-order valence-corrected chi connectivity index (χ3v) is 6.79. The van der Waals surface area contributed by atoms with Crippen LogP contribution < -0.4 is 10.6 Å². The molecule has 1 aromatic heterocycles. The van der Waals surface area contributed by atoms with Crippen molar-refractivity contribution < 1.29 is 4.79 Å². The normalized spacial score (nSPS) is 23.1. The Morgan fingerprint density at radius 2 is 2.05 bits per heavy atom. The molecule has 5 heteroatoms. The van der Waals surface area contributed by atoms with E-state index in [4.69, 9.17) is 5.73 Å². The highest BCUT2D eigenvalue weighted by Gasteiger charge is 2.34. The Morgan fingerprint density at radius 3 is 2.71 bits per heavy atom. The summed E-state index contributed by atoms with van der Waals surface area (Å²) in [6.07, 6.45) is 7.92. The Labute approximate surface area is 135 Å². The van der Waals surface area contributed by atoms with Gasteiger partial charge in [-0.2, -0.15) is 0 Å². The topological polar surface area (TPSA) is 46.3 Å². The maximum Gasteiger partial charge on any atom is 0.178 e. The molecule has 2 aliphatic rings. The first kappa shape index (κ1) is 15.2. The molecule has 2 N–H and O–H groups in total. The molecule has 0 radical (unpaired) electrons. The van der Waals surface area contributed by atoms with Gasteiger partial charge in [-0.15, -0.1) is 23.1 Å². The van der Waals surface area contributed by atoms with Gasteiger partial charge in [0.25, 0.3) is 0 Å². The van der Waals surface area contributed by atoms with E-state index in [0.29, 0.717) is 0 Å². The molecular formula is C16H24N2OS2. The number of nitrogens with two attached hydrogens (primary N) is 1. The Hall–Kier alpha value is -0.680. The molecule has 1 aromatic rings. The van der Waals surface area contributed by atoms with Crippen LogP contribution in [-0.4, -0.2) is 25.1 Å². The second kappa shape index (κ2) is 6.21. The van der Waals surface area contributed by atoms with Crippen molar-refractivity contribution in [3.8, 4) is 0 Å². The number of hydrogen-bond donors (Lipinski definition) is 1. The fourth-order valence-corrected chi connectivity index (χ4v) is 5.25. The van der Waals surface area contributed by atoms with Crippen molar-refractivity contribution in [1.82, 2.24) is 0 Å². The molecule has 0 spiro atoms. The fourth-order valence-electron chi connectivity index (χ4n) is 3.00. The number of nitrogens with zero attached hydrogens (tertiary/aromatic N) is 1. The van der Waals surface area contributed by atoms with Crippen LogP contribution in [0.3, 0.4) is 0 Å². The monoisotopic (exact) mass is 324 g/mol. The number of anilines is 2. The smallest absolute Gasteiger partial charge is 0.178 e. The van der Waals surface area contributed by atoms with Crippen LogP contribution in [0.4, 0.5) is 10.7 Å². The predicted molar refractivity (Wildman–Crippen MR) is 92.8 cm³/mol. The second-order valence-corrected chi connectivity index (χ2v) is 8.16. The number of carbonyl (C=O) groups excluding carboxylic acids is 1. The SMILES string of the molecule is CSc1c(N2CCCC(C)CC2)sc(C(=O)C2CC2)c1N. The highest BCUT2D eigenvalue weighted by atomic mass is 32.2. The van der Waals surface area contributed by atoms with E-state index in [1.165, 1.54) is 24.3 Å². The minimum Gasteiger partial charge on any atom is -0.396 e. The van der Waals surface area contributed by atoms with Gasteiger partial charge in [0.05, 0.1) is 15.5 Å². The van der Waals surface area contributed by atoms with E-state index >= 15 is 0 Å². The van der Waals surface area contributed by atoms with Crippen molar-refractivity contribution in [1.29, 1.82) is 0 Å². The molecule has 1 saturated heterocycles. The van der Waals surface area contributed by atoms with Crippen molar-refractivity contribution >= 4 is 39.6 Å². The highest BCUT2D eigenvalue weighted by molar-refractivity contribution is 7.99. The van der Waals surface area contributed by atoms with Crippen molar-refractivity contribution in [2.45, 2.75) is 43.9 Å². The predicted octanol–water partition coefficient (Wildman–Crippen LogP) is 4.27. The molecule has 1 atom stereocenters. The van der Waals surface area contributed by atoms with E-state index < -0.39 is 0 Å². The van der Waals surface area contributed by atoms with Crippen LogP contribution in [0.2, 0.25) is 0 Å². The number of rotatable bonds is 4. The molecule has 1 unspecified atom stereocenters. The van der Waals surface area contributed by atoms with Crippen molar-refractivity contribution in [2.75, 3.05) is 30.0 Å². The van der Waals surface area contributed by atoms with Crippen molar-refractivity contribution in [2.24, 2.45) is 11.8 Å². The molecule has 1 aliphatic carbocycles. The Balaban J connectivity index is 1.89. The van der Waals surface area contributed by atoms with Crippen LogP contribution >= 0.6 is 23.1 Å². The zero-order valence-corrected chi connectivity index (χ0v) is 14.5. The Morgan fingerprint density at radius 1 is 1.29 bits per heavy atom. The molecule has 2 heterocycles. The molecule has 1 saturated carbocycles. The minimum atomic E-state index is 0.248. The van der Waals surface area contributed by atoms with Crippen LogP contribution in [0.1, 0.15) is 48.7 Å². The summed E-state index contributed by atoms with van der Waals surface area (Å²) in [7, 11) is 0. The van der Waals surface area contributed by atoms with E-state index in [2.05, 4.69) is 18.1 Å². The molecule has 3 rings (SSSR count). The summed E-state index contributed by atoms with van der Waals surface area (Å²) in [6, 6.07) is 0.